The first-order chi connectivity index (χ1) is 7.17. The zero-order valence-electron chi connectivity index (χ0n) is 10.9. The van der Waals surface area contributed by atoms with Crippen LogP contribution in [0.3, 0.4) is 0 Å². The lowest BCUT2D eigenvalue weighted by Gasteiger charge is -2.26. The third-order valence-corrected chi connectivity index (χ3v) is 1.56. The molecule has 94 valence electrons. The molecule has 0 heterocycles. The fraction of sp³-hybridized carbons (Fsp3) is 0.818. The second-order valence-corrected chi connectivity index (χ2v) is 4.95. The van der Waals surface area contributed by atoms with E-state index in [0.717, 1.165) is 4.90 Å². The van der Waals surface area contributed by atoms with Crippen LogP contribution < -0.4 is 0 Å². The van der Waals surface area contributed by atoms with Crippen LogP contribution in [0, 0.1) is 5.92 Å². The summed E-state index contributed by atoms with van der Waals surface area (Å²) in [6.45, 7) is 9.32. The van der Waals surface area contributed by atoms with Gasteiger partial charge in [0, 0.05) is 6.54 Å². The van der Waals surface area contributed by atoms with Gasteiger partial charge in [-0.25, -0.2) is 14.5 Å². The summed E-state index contributed by atoms with van der Waals surface area (Å²) in [5, 5.41) is 0. The Morgan fingerprint density at radius 1 is 1.19 bits per heavy atom. The van der Waals surface area contributed by atoms with Crippen LogP contribution in [0.1, 0.15) is 34.6 Å². The number of carbonyl (C=O) groups excluding carboxylic acids is 2. The fourth-order valence-electron chi connectivity index (χ4n) is 1.02. The highest BCUT2D eigenvalue weighted by molar-refractivity contribution is 5.87. The Labute approximate surface area is 96.7 Å². The molecule has 0 aromatic carbocycles. The number of hydrogen-bond donors (Lipinski definition) is 0. The lowest BCUT2D eigenvalue weighted by atomic mass is 10.2. The van der Waals surface area contributed by atoms with Crippen LogP contribution in [0.5, 0.6) is 0 Å². The van der Waals surface area contributed by atoms with Gasteiger partial charge in [-0.2, -0.15) is 0 Å². The predicted molar refractivity (Wildman–Crippen MR) is 60.2 cm³/mol. The molecule has 0 radical (unpaired) electrons. The minimum atomic E-state index is -0.692. The van der Waals surface area contributed by atoms with Gasteiger partial charge in [-0.15, -0.1) is 0 Å². The van der Waals surface area contributed by atoms with Crippen molar-refractivity contribution in [3.63, 3.8) is 0 Å². The Hall–Kier alpha value is -1.26. The third-order valence-electron chi connectivity index (χ3n) is 1.56. The topological polar surface area (TPSA) is 55.8 Å². The van der Waals surface area contributed by atoms with Gasteiger partial charge in [0.25, 0.3) is 0 Å². The van der Waals surface area contributed by atoms with E-state index in [1.165, 1.54) is 7.11 Å². The van der Waals surface area contributed by atoms with Gasteiger partial charge in [0.05, 0.1) is 7.11 Å². The minimum absolute atomic E-state index is 0.159. The van der Waals surface area contributed by atoms with E-state index < -0.39 is 17.8 Å². The van der Waals surface area contributed by atoms with Crippen molar-refractivity contribution in [3.05, 3.63) is 0 Å². The molecule has 5 heteroatoms. The number of amides is 2. The van der Waals surface area contributed by atoms with E-state index in [9.17, 15) is 9.59 Å². The zero-order valence-corrected chi connectivity index (χ0v) is 10.9. The summed E-state index contributed by atoms with van der Waals surface area (Å²) in [5.41, 5.74) is -0.625. The molecule has 5 nitrogen and oxygen atoms in total. The largest absolute Gasteiger partial charge is 0.452 e. The van der Waals surface area contributed by atoms with Crippen molar-refractivity contribution in [3.8, 4) is 0 Å². The van der Waals surface area contributed by atoms with Gasteiger partial charge in [-0.3, -0.25) is 0 Å². The molecule has 0 unspecified atom stereocenters. The molecule has 0 aliphatic heterocycles. The molecule has 0 spiro atoms. The molecule has 0 aliphatic rings. The highest BCUT2D eigenvalue weighted by Gasteiger charge is 2.28. The van der Waals surface area contributed by atoms with E-state index >= 15 is 0 Å². The van der Waals surface area contributed by atoms with Gasteiger partial charge >= 0.3 is 12.2 Å². The Morgan fingerprint density at radius 2 is 1.69 bits per heavy atom. The standard InChI is InChI=1S/C11H21NO4/c1-8(2)7-12(9(13)15-6)10(14)16-11(3,4)5/h8H,7H2,1-6H3. The van der Waals surface area contributed by atoms with Gasteiger partial charge < -0.3 is 9.47 Å². The van der Waals surface area contributed by atoms with Crippen molar-refractivity contribution < 1.29 is 19.1 Å². The van der Waals surface area contributed by atoms with Crippen LogP contribution in [-0.4, -0.2) is 36.3 Å². The Bertz CT molecular complexity index is 255. The molecule has 16 heavy (non-hydrogen) atoms. The first-order valence-corrected chi connectivity index (χ1v) is 5.26. The Kier molecular flexibility index (Phi) is 5.27. The van der Waals surface area contributed by atoms with Crippen molar-refractivity contribution >= 4 is 12.2 Å². The summed E-state index contributed by atoms with van der Waals surface area (Å²) in [4.78, 5) is 24.0. The number of carbonyl (C=O) groups is 2. The zero-order chi connectivity index (χ0) is 12.9. The van der Waals surface area contributed by atoms with Crippen LogP contribution in [-0.2, 0) is 9.47 Å². The quantitative estimate of drug-likeness (QED) is 0.733. The van der Waals surface area contributed by atoms with Crippen LogP contribution >= 0.6 is 0 Å². The average Bonchev–Trinajstić information content (AvgIpc) is 2.09. The lowest BCUT2D eigenvalue weighted by molar-refractivity contribution is 0.0226. The van der Waals surface area contributed by atoms with E-state index in [0.29, 0.717) is 0 Å². The van der Waals surface area contributed by atoms with E-state index in [1.54, 1.807) is 20.8 Å². The van der Waals surface area contributed by atoms with E-state index in [1.807, 2.05) is 13.8 Å². The van der Waals surface area contributed by atoms with Gasteiger partial charge in [0.2, 0.25) is 0 Å². The highest BCUT2D eigenvalue weighted by atomic mass is 16.6. The molecule has 0 bridgehead atoms. The molecule has 2 amide bonds. The Balaban J connectivity index is 4.63. The van der Waals surface area contributed by atoms with E-state index in [2.05, 4.69) is 4.74 Å². The molecule has 0 saturated carbocycles. The van der Waals surface area contributed by atoms with Gasteiger partial charge in [0.1, 0.15) is 5.60 Å². The molecule has 0 aromatic rings. The monoisotopic (exact) mass is 231 g/mol. The Morgan fingerprint density at radius 3 is 2.00 bits per heavy atom. The molecule has 0 N–H and O–H groups in total. The lowest BCUT2D eigenvalue weighted by Crippen LogP contribution is -2.42. The summed E-state index contributed by atoms with van der Waals surface area (Å²) in [6, 6.07) is 0. The van der Waals surface area contributed by atoms with Crippen molar-refractivity contribution in [1.82, 2.24) is 4.90 Å². The maximum Gasteiger partial charge on any atom is 0.419 e. The summed E-state index contributed by atoms with van der Waals surface area (Å²) < 4.78 is 9.64. The van der Waals surface area contributed by atoms with Crippen LogP contribution in [0.4, 0.5) is 9.59 Å². The average molecular weight is 231 g/mol. The number of nitrogens with zero attached hydrogens (tertiary/aromatic N) is 1. The number of imide groups is 1. The normalized spacial score (nSPS) is 11.2. The molecule has 0 aromatic heterocycles. The van der Waals surface area contributed by atoms with Gasteiger partial charge in [-0.05, 0) is 26.7 Å². The first kappa shape index (κ1) is 14.7. The summed E-state index contributed by atoms with van der Waals surface area (Å²) >= 11 is 0. The SMILES string of the molecule is COC(=O)N(CC(C)C)C(=O)OC(C)(C)C. The second kappa shape index (κ2) is 5.72. The van der Waals surface area contributed by atoms with Crippen molar-refractivity contribution in [1.29, 1.82) is 0 Å². The van der Waals surface area contributed by atoms with Crippen molar-refractivity contribution in [2.45, 2.75) is 40.2 Å². The van der Waals surface area contributed by atoms with Gasteiger partial charge in [-0.1, -0.05) is 13.8 Å². The minimum Gasteiger partial charge on any atom is -0.452 e. The number of methoxy groups -OCH3 is 1. The molecule has 0 saturated heterocycles. The summed E-state index contributed by atoms with van der Waals surface area (Å²) in [6.07, 6.45) is -1.36. The number of rotatable bonds is 2. The molecular formula is C11H21NO4. The predicted octanol–water partition coefficient (Wildman–Crippen LogP) is 2.65. The van der Waals surface area contributed by atoms with E-state index in [-0.39, 0.29) is 12.5 Å². The van der Waals surface area contributed by atoms with Gasteiger partial charge in [0.15, 0.2) is 0 Å². The molecular weight excluding hydrogens is 210 g/mol. The number of ether oxygens (including phenoxy) is 2. The van der Waals surface area contributed by atoms with Crippen LogP contribution in [0.2, 0.25) is 0 Å². The maximum atomic E-state index is 11.7. The van der Waals surface area contributed by atoms with Crippen LogP contribution in [0.25, 0.3) is 0 Å². The molecule has 0 rings (SSSR count). The van der Waals surface area contributed by atoms with Crippen LogP contribution in [0.15, 0.2) is 0 Å². The first-order valence-electron chi connectivity index (χ1n) is 5.26. The smallest absolute Gasteiger partial charge is 0.419 e. The summed E-state index contributed by atoms with van der Waals surface area (Å²) in [5.74, 6) is 0.159. The van der Waals surface area contributed by atoms with Crippen molar-refractivity contribution in [2.75, 3.05) is 13.7 Å². The maximum absolute atomic E-state index is 11.7. The highest BCUT2D eigenvalue weighted by Crippen LogP contribution is 2.12. The molecule has 0 fully saturated rings. The summed E-state index contributed by atoms with van der Waals surface area (Å²) in [7, 11) is 1.24. The third kappa shape index (κ3) is 5.58. The molecule has 0 atom stereocenters. The van der Waals surface area contributed by atoms with Crippen molar-refractivity contribution in [2.24, 2.45) is 5.92 Å². The van der Waals surface area contributed by atoms with E-state index in [4.69, 9.17) is 4.74 Å². The fourth-order valence-corrected chi connectivity index (χ4v) is 1.02. The second-order valence-electron chi connectivity index (χ2n) is 4.95. The molecule has 0 aliphatic carbocycles. The number of hydrogen-bond acceptors (Lipinski definition) is 4.